The molecule has 0 aliphatic heterocycles. The van der Waals surface area contributed by atoms with Crippen LogP contribution in [0.3, 0.4) is 0 Å². The summed E-state index contributed by atoms with van der Waals surface area (Å²) < 4.78 is 4.95. The number of aromatic nitrogens is 1. The molecule has 0 saturated heterocycles. The van der Waals surface area contributed by atoms with E-state index < -0.39 is 0 Å². The highest BCUT2D eigenvalue weighted by Gasteiger charge is 2.16. The molecule has 2 amide bonds. The average molecular weight is 322 g/mol. The molecule has 0 fully saturated rings. The first-order valence-corrected chi connectivity index (χ1v) is 7.10. The summed E-state index contributed by atoms with van der Waals surface area (Å²) in [6.45, 7) is 3.37. The van der Waals surface area contributed by atoms with Crippen LogP contribution >= 0.6 is 11.6 Å². The Hall–Kier alpha value is -2.34. The van der Waals surface area contributed by atoms with E-state index in [0.717, 1.165) is 0 Å². The predicted molar refractivity (Wildman–Crippen MR) is 84.0 cm³/mol. The lowest BCUT2D eigenvalue weighted by Crippen LogP contribution is -2.32. The Morgan fingerprint density at radius 2 is 2.14 bits per heavy atom. The average Bonchev–Trinajstić information content (AvgIpc) is 2.85. The number of amides is 2. The molecule has 0 bridgehead atoms. The molecule has 0 aliphatic rings. The van der Waals surface area contributed by atoms with Crippen molar-refractivity contribution in [3.8, 4) is 0 Å². The zero-order valence-electron chi connectivity index (χ0n) is 12.3. The van der Waals surface area contributed by atoms with Gasteiger partial charge in [-0.2, -0.15) is 0 Å². The molecule has 0 radical (unpaired) electrons. The first-order valence-electron chi connectivity index (χ1n) is 6.72. The largest absolute Gasteiger partial charge is 0.360 e. The van der Waals surface area contributed by atoms with E-state index in [4.69, 9.17) is 16.1 Å². The van der Waals surface area contributed by atoms with E-state index in [0.29, 0.717) is 22.3 Å². The first-order chi connectivity index (χ1) is 10.5. The van der Waals surface area contributed by atoms with Crippen LogP contribution in [0, 0.1) is 6.92 Å². The number of hydrogen-bond acceptors (Lipinski definition) is 4. The normalized spacial score (nSPS) is 10.3. The minimum absolute atomic E-state index is 0.137. The number of aryl methyl sites for hydroxylation is 1. The standard InChI is InChI=1S/C15H16ClN3O3/c1-10-8-14(18-22-10)19(11(2)20)7-6-15(21)17-13-5-3-4-12(16)9-13/h3-5,8-9H,6-7H2,1-2H3,(H,17,21). The molecule has 2 rings (SSSR count). The number of halogens is 1. The van der Waals surface area contributed by atoms with Crippen molar-refractivity contribution >= 4 is 34.9 Å². The molecule has 1 heterocycles. The lowest BCUT2D eigenvalue weighted by Gasteiger charge is -2.17. The second-order valence-corrected chi connectivity index (χ2v) is 5.21. The molecule has 116 valence electrons. The van der Waals surface area contributed by atoms with Gasteiger partial charge in [0.25, 0.3) is 0 Å². The van der Waals surface area contributed by atoms with Gasteiger partial charge in [-0.05, 0) is 25.1 Å². The van der Waals surface area contributed by atoms with Crippen molar-refractivity contribution in [2.24, 2.45) is 0 Å². The first kappa shape index (κ1) is 16.0. The Balaban J connectivity index is 1.95. The summed E-state index contributed by atoms with van der Waals surface area (Å²) in [5, 5.41) is 7.06. The number of nitrogens with zero attached hydrogens (tertiary/aromatic N) is 2. The number of carbonyl (C=O) groups is 2. The Morgan fingerprint density at radius 3 is 2.73 bits per heavy atom. The Morgan fingerprint density at radius 1 is 1.36 bits per heavy atom. The minimum atomic E-state index is -0.214. The molecule has 1 aromatic heterocycles. The van der Waals surface area contributed by atoms with Crippen LogP contribution in [0.15, 0.2) is 34.9 Å². The van der Waals surface area contributed by atoms with E-state index in [-0.39, 0.29) is 24.8 Å². The minimum Gasteiger partial charge on any atom is -0.360 e. The van der Waals surface area contributed by atoms with Crippen molar-refractivity contribution in [1.29, 1.82) is 0 Å². The Bertz CT molecular complexity index is 684. The van der Waals surface area contributed by atoms with Gasteiger partial charge in [0.15, 0.2) is 5.82 Å². The van der Waals surface area contributed by atoms with E-state index in [1.54, 1.807) is 37.3 Å². The maximum absolute atomic E-state index is 12.0. The Labute approximate surface area is 133 Å². The molecule has 0 atom stereocenters. The quantitative estimate of drug-likeness (QED) is 0.918. The maximum Gasteiger partial charge on any atom is 0.226 e. The molecular formula is C15H16ClN3O3. The van der Waals surface area contributed by atoms with Crippen LogP contribution in [0.5, 0.6) is 0 Å². The molecule has 0 saturated carbocycles. The third-order valence-electron chi connectivity index (χ3n) is 2.94. The highest BCUT2D eigenvalue weighted by Crippen LogP contribution is 2.16. The van der Waals surface area contributed by atoms with Crippen molar-refractivity contribution in [2.45, 2.75) is 20.3 Å². The summed E-state index contributed by atoms with van der Waals surface area (Å²) in [4.78, 5) is 25.0. The summed E-state index contributed by atoms with van der Waals surface area (Å²) in [7, 11) is 0. The van der Waals surface area contributed by atoms with Crippen molar-refractivity contribution in [3.05, 3.63) is 41.1 Å². The van der Waals surface area contributed by atoms with Gasteiger partial charge >= 0.3 is 0 Å². The number of anilines is 2. The zero-order valence-corrected chi connectivity index (χ0v) is 13.1. The van der Waals surface area contributed by atoms with Crippen molar-refractivity contribution < 1.29 is 14.1 Å². The molecule has 2 aromatic rings. The molecule has 0 spiro atoms. The van der Waals surface area contributed by atoms with E-state index >= 15 is 0 Å². The van der Waals surface area contributed by atoms with E-state index in [1.165, 1.54) is 11.8 Å². The highest BCUT2D eigenvalue weighted by molar-refractivity contribution is 6.30. The third-order valence-corrected chi connectivity index (χ3v) is 3.18. The summed E-state index contributed by atoms with van der Waals surface area (Å²) in [6.07, 6.45) is 0.137. The molecule has 7 heteroatoms. The molecule has 22 heavy (non-hydrogen) atoms. The van der Waals surface area contributed by atoms with E-state index in [1.807, 2.05) is 0 Å². The number of rotatable bonds is 5. The zero-order chi connectivity index (χ0) is 16.1. The van der Waals surface area contributed by atoms with Gasteiger partial charge in [-0.1, -0.05) is 22.8 Å². The molecule has 0 unspecified atom stereocenters. The topological polar surface area (TPSA) is 75.4 Å². The van der Waals surface area contributed by atoms with Crippen molar-refractivity contribution in [2.75, 3.05) is 16.8 Å². The third kappa shape index (κ3) is 4.33. The number of benzene rings is 1. The van der Waals surface area contributed by atoms with Gasteiger partial charge in [-0.15, -0.1) is 0 Å². The lowest BCUT2D eigenvalue weighted by molar-refractivity contribution is -0.117. The second kappa shape index (κ2) is 7.09. The fourth-order valence-corrected chi connectivity index (χ4v) is 2.11. The van der Waals surface area contributed by atoms with Gasteiger partial charge in [0.2, 0.25) is 11.8 Å². The SMILES string of the molecule is CC(=O)N(CCC(=O)Nc1cccc(Cl)c1)c1cc(C)on1. The number of hydrogen-bond donors (Lipinski definition) is 1. The molecule has 1 N–H and O–H groups in total. The van der Waals surface area contributed by atoms with Crippen LogP contribution in [0.1, 0.15) is 19.1 Å². The van der Waals surface area contributed by atoms with Crippen LogP contribution in [-0.2, 0) is 9.59 Å². The van der Waals surface area contributed by atoms with E-state index in [2.05, 4.69) is 10.5 Å². The summed E-state index contributed by atoms with van der Waals surface area (Å²) in [5.74, 6) is 0.586. The number of carbonyl (C=O) groups excluding carboxylic acids is 2. The highest BCUT2D eigenvalue weighted by atomic mass is 35.5. The van der Waals surface area contributed by atoms with Gasteiger partial charge in [0.05, 0.1) is 0 Å². The van der Waals surface area contributed by atoms with Crippen molar-refractivity contribution in [1.82, 2.24) is 5.16 Å². The lowest BCUT2D eigenvalue weighted by atomic mass is 10.3. The predicted octanol–water partition coefficient (Wildman–Crippen LogP) is 3.02. The molecular weight excluding hydrogens is 306 g/mol. The summed E-state index contributed by atoms with van der Waals surface area (Å²) >= 11 is 5.86. The van der Waals surface area contributed by atoms with Gasteiger partial charge < -0.3 is 9.84 Å². The van der Waals surface area contributed by atoms with Crippen molar-refractivity contribution in [3.63, 3.8) is 0 Å². The van der Waals surface area contributed by atoms with Gasteiger partial charge in [0.1, 0.15) is 5.76 Å². The van der Waals surface area contributed by atoms with Crippen LogP contribution in [-0.4, -0.2) is 23.5 Å². The molecule has 6 nitrogen and oxygen atoms in total. The van der Waals surface area contributed by atoms with Gasteiger partial charge in [-0.25, -0.2) is 0 Å². The molecule has 0 aliphatic carbocycles. The summed E-state index contributed by atoms with van der Waals surface area (Å²) in [6, 6.07) is 8.52. The fourth-order valence-electron chi connectivity index (χ4n) is 1.92. The fraction of sp³-hybridized carbons (Fsp3) is 0.267. The molecule has 1 aromatic carbocycles. The smallest absolute Gasteiger partial charge is 0.226 e. The maximum atomic E-state index is 12.0. The monoisotopic (exact) mass is 321 g/mol. The van der Waals surface area contributed by atoms with Gasteiger partial charge in [-0.3, -0.25) is 14.5 Å². The van der Waals surface area contributed by atoms with E-state index in [9.17, 15) is 9.59 Å². The van der Waals surface area contributed by atoms with Gasteiger partial charge in [0, 0.05) is 36.7 Å². The number of nitrogens with one attached hydrogen (secondary N) is 1. The Kier molecular flexibility index (Phi) is 5.16. The van der Waals surface area contributed by atoms with Crippen LogP contribution in [0.25, 0.3) is 0 Å². The van der Waals surface area contributed by atoms with Crippen LogP contribution in [0.4, 0.5) is 11.5 Å². The van der Waals surface area contributed by atoms with Crippen LogP contribution in [0.2, 0.25) is 5.02 Å². The second-order valence-electron chi connectivity index (χ2n) is 4.77. The summed E-state index contributed by atoms with van der Waals surface area (Å²) in [5.41, 5.74) is 0.615. The van der Waals surface area contributed by atoms with Crippen LogP contribution < -0.4 is 10.2 Å².